The molecule has 2 N–H and O–H groups in total. The van der Waals surface area contributed by atoms with E-state index in [-0.39, 0.29) is 17.0 Å². The number of fused-ring (bicyclic) bond motifs is 1. The minimum Gasteiger partial charge on any atom is -0.739 e. The van der Waals surface area contributed by atoms with Crippen molar-refractivity contribution in [2.45, 2.75) is 6.92 Å². The van der Waals surface area contributed by atoms with Crippen molar-refractivity contribution >= 4 is 17.0 Å². The molecule has 0 fully saturated rings. The second kappa shape index (κ2) is 2.69. The van der Waals surface area contributed by atoms with Crippen LogP contribution in [0.5, 0.6) is 0 Å². The normalized spacial score (nSPS) is 10.6. The number of hydrogen-bond acceptors (Lipinski definition) is 4. The summed E-state index contributed by atoms with van der Waals surface area (Å²) in [4.78, 5) is 0.353. The van der Waals surface area contributed by atoms with Gasteiger partial charge in [-0.05, 0) is 12.5 Å². The highest BCUT2D eigenvalue weighted by Crippen LogP contribution is 2.10. The number of benzene rings is 1. The van der Waals surface area contributed by atoms with Gasteiger partial charge in [-0.3, -0.25) is 5.73 Å². The molecule has 0 radical (unpaired) electrons. The zero-order valence-corrected chi connectivity index (χ0v) is 7.47. The molecule has 0 aliphatic heterocycles. The minimum absolute atomic E-state index is 0.217. The Hall–Kier alpha value is -2.11. The maximum atomic E-state index is 11.5. The molecule has 1 aromatic carbocycles. The summed E-state index contributed by atoms with van der Waals surface area (Å²) >= 11 is 0. The molecule has 0 amide bonds. The summed E-state index contributed by atoms with van der Waals surface area (Å²) in [6.45, 7) is 1.73. The molecule has 6 nitrogen and oxygen atoms in total. The van der Waals surface area contributed by atoms with Crippen molar-refractivity contribution in [2.24, 2.45) is 0 Å². The van der Waals surface area contributed by atoms with Crippen LogP contribution in [0.1, 0.15) is 5.56 Å². The summed E-state index contributed by atoms with van der Waals surface area (Å²) in [7, 11) is 0. The second-order valence-corrected chi connectivity index (χ2v) is 2.97. The van der Waals surface area contributed by atoms with Crippen molar-refractivity contribution in [2.75, 3.05) is 5.73 Å². The van der Waals surface area contributed by atoms with E-state index in [1.54, 1.807) is 19.1 Å². The Bertz CT molecular complexity index is 512. The molecule has 0 saturated heterocycles. The third-order valence-electron chi connectivity index (χ3n) is 2.03. The Kier molecular flexibility index (Phi) is 1.63. The van der Waals surface area contributed by atoms with Gasteiger partial charge in [-0.25, -0.2) is 4.73 Å². The van der Waals surface area contributed by atoms with Crippen LogP contribution in [0.25, 0.3) is 11.0 Å². The number of hydrogen-bond donors (Lipinski definition) is 1. The Balaban J connectivity index is 3.03. The van der Waals surface area contributed by atoms with Crippen LogP contribution in [0, 0.1) is 17.3 Å². The van der Waals surface area contributed by atoms with Crippen molar-refractivity contribution in [3.63, 3.8) is 0 Å². The number of nitrogen functional groups attached to an aromatic ring is 1. The van der Waals surface area contributed by atoms with E-state index in [1.807, 2.05) is 0 Å². The number of aromatic nitrogens is 3. The molecule has 72 valence electrons. The van der Waals surface area contributed by atoms with Crippen LogP contribution in [0.15, 0.2) is 18.2 Å². The first kappa shape index (κ1) is 8.49. The zero-order chi connectivity index (χ0) is 10.3. The number of aryl methyl sites for hydroxylation is 1. The van der Waals surface area contributed by atoms with Crippen LogP contribution in [0.3, 0.4) is 0 Å². The van der Waals surface area contributed by atoms with E-state index in [0.29, 0.717) is 15.1 Å². The maximum Gasteiger partial charge on any atom is 0.458 e. The average molecular weight is 192 g/mol. The molecule has 6 heteroatoms. The number of nitrogens with two attached hydrogens (primary N) is 1. The van der Waals surface area contributed by atoms with Gasteiger partial charge in [0.1, 0.15) is 0 Å². The number of rotatable bonds is 0. The van der Waals surface area contributed by atoms with E-state index in [2.05, 4.69) is 5.10 Å². The number of para-hydroxylation sites is 1. The molecule has 0 aliphatic carbocycles. The molecule has 0 spiro atoms. The van der Waals surface area contributed by atoms with Gasteiger partial charge in [-0.15, -0.1) is 0 Å². The van der Waals surface area contributed by atoms with Gasteiger partial charge in [-0.1, -0.05) is 12.1 Å². The first-order chi connectivity index (χ1) is 6.61. The van der Waals surface area contributed by atoms with Gasteiger partial charge >= 0.3 is 5.95 Å². The van der Waals surface area contributed by atoms with E-state index in [9.17, 15) is 10.4 Å². The summed E-state index contributed by atoms with van der Waals surface area (Å²) in [5, 5.41) is 26.1. The summed E-state index contributed by atoms with van der Waals surface area (Å²) < 4.78 is 0.457. The summed E-state index contributed by atoms with van der Waals surface area (Å²) in [5.74, 6) is -0.346. The Morgan fingerprint density at radius 2 is 2.07 bits per heavy atom. The highest BCUT2D eigenvalue weighted by molar-refractivity contribution is 5.71. The highest BCUT2D eigenvalue weighted by atomic mass is 16.5. The minimum atomic E-state index is -0.346. The third-order valence-corrected chi connectivity index (χ3v) is 2.03. The van der Waals surface area contributed by atoms with Crippen molar-refractivity contribution in [1.82, 2.24) is 5.10 Å². The van der Waals surface area contributed by atoms with Gasteiger partial charge in [0, 0.05) is 10.9 Å². The molecule has 0 saturated carbocycles. The lowest BCUT2D eigenvalue weighted by molar-refractivity contribution is -0.672. The molecule has 2 aromatic rings. The van der Waals surface area contributed by atoms with E-state index in [4.69, 9.17) is 5.73 Å². The third kappa shape index (κ3) is 1.00. The predicted molar refractivity (Wildman–Crippen MR) is 48.8 cm³/mol. The molecule has 0 unspecified atom stereocenters. The molecule has 14 heavy (non-hydrogen) atoms. The second-order valence-electron chi connectivity index (χ2n) is 2.97. The molecular formula is C8H8N4O2. The summed E-state index contributed by atoms with van der Waals surface area (Å²) in [5.41, 5.74) is 6.44. The molecule has 0 atom stereocenters. The van der Waals surface area contributed by atoms with Gasteiger partial charge in [0.25, 0.3) is 5.52 Å². The number of nitrogens with zero attached hydrogens (tertiary/aromatic N) is 3. The van der Waals surface area contributed by atoms with Crippen LogP contribution >= 0.6 is 0 Å². The molecule has 2 rings (SSSR count). The molecule has 1 aromatic heterocycles. The summed E-state index contributed by atoms with van der Waals surface area (Å²) in [6, 6.07) is 4.94. The predicted octanol–water partition coefficient (Wildman–Crippen LogP) is -0.608. The van der Waals surface area contributed by atoms with Crippen molar-refractivity contribution in [1.29, 1.82) is 0 Å². The maximum absolute atomic E-state index is 11.5. The zero-order valence-electron chi connectivity index (χ0n) is 7.47. The lowest BCUT2D eigenvalue weighted by Gasteiger charge is -2.08. The first-order valence-electron chi connectivity index (χ1n) is 3.99. The molecule has 1 heterocycles. The van der Waals surface area contributed by atoms with Crippen molar-refractivity contribution < 1.29 is 9.58 Å². The van der Waals surface area contributed by atoms with Crippen molar-refractivity contribution in [3.8, 4) is 0 Å². The van der Waals surface area contributed by atoms with Gasteiger partial charge in [-0.2, -0.15) is 0 Å². The topological polar surface area (TPSA) is 92.8 Å². The van der Waals surface area contributed by atoms with Crippen LogP contribution in [-0.2, 0) is 0 Å². The Labute approximate surface area is 79.4 Å². The first-order valence-corrected chi connectivity index (χ1v) is 3.99. The smallest absolute Gasteiger partial charge is 0.458 e. The lowest BCUT2D eigenvalue weighted by Crippen LogP contribution is -2.44. The molecular weight excluding hydrogens is 184 g/mol. The highest BCUT2D eigenvalue weighted by Gasteiger charge is 2.17. The fourth-order valence-corrected chi connectivity index (χ4v) is 1.36. The van der Waals surface area contributed by atoms with Crippen LogP contribution < -0.4 is 15.3 Å². The molecule has 0 aliphatic rings. The standard InChI is InChI=1S/C8H8N4O2/c1-5-3-2-4-6-7(5)11(13)8(9)10-12(6)14/h2-4H,1H3,(H2,9,10). The van der Waals surface area contributed by atoms with Gasteiger partial charge in [0.05, 0.1) is 0 Å². The van der Waals surface area contributed by atoms with Crippen LogP contribution in [-0.4, -0.2) is 5.10 Å². The van der Waals surface area contributed by atoms with E-state index in [1.165, 1.54) is 6.07 Å². The monoisotopic (exact) mass is 192 g/mol. The van der Waals surface area contributed by atoms with Crippen molar-refractivity contribution in [3.05, 3.63) is 34.2 Å². The summed E-state index contributed by atoms with van der Waals surface area (Å²) in [6.07, 6.45) is 0. The van der Waals surface area contributed by atoms with E-state index >= 15 is 0 Å². The fraction of sp³-hybridized carbons (Fsp3) is 0.125. The molecule has 0 bridgehead atoms. The van der Waals surface area contributed by atoms with E-state index < -0.39 is 0 Å². The number of anilines is 1. The lowest BCUT2D eigenvalue weighted by atomic mass is 10.2. The van der Waals surface area contributed by atoms with Gasteiger partial charge in [0.2, 0.25) is 5.10 Å². The average Bonchev–Trinajstić information content (AvgIpc) is 2.14. The van der Waals surface area contributed by atoms with Crippen LogP contribution in [0.4, 0.5) is 5.95 Å². The SMILES string of the molecule is Cc1cccc2c1[n+]([O-])c(N)n[n+]2[O-]. The Morgan fingerprint density at radius 3 is 2.79 bits per heavy atom. The largest absolute Gasteiger partial charge is 0.739 e. The van der Waals surface area contributed by atoms with E-state index in [0.717, 1.165) is 0 Å². The van der Waals surface area contributed by atoms with Gasteiger partial charge in [0.15, 0.2) is 5.52 Å². The quantitative estimate of drug-likeness (QED) is 0.445. The van der Waals surface area contributed by atoms with Crippen LogP contribution in [0.2, 0.25) is 0 Å². The Morgan fingerprint density at radius 1 is 1.36 bits per heavy atom. The van der Waals surface area contributed by atoms with Gasteiger partial charge < -0.3 is 10.4 Å². The fourth-order valence-electron chi connectivity index (χ4n) is 1.36.